The Labute approximate surface area is 152 Å². The number of benzene rings is 1. The predicted octanol–water partition coefficient (Wildman–Crippen LogP) is 1.50. The largest absolute Gasteiger partial charge is 0.506 e. The Kier molecular flexibility index (Phi) is 4.94. The monoisotopic (exact) mass is 383 g/mol. The summed E-state index contributed by atoms with van der Waals surface area (Å²) in [7, 11) is -4.20. The smallest absolute Gasteiger partial charge is 0.326 e. The molecule has 3 rings (SSSR count). The van der Waals surface area contributed by atoms with Crippen LogP contribution < -0.4 is 14.3 Å². The summed E-state index contributed by atoms with van der Waals surface area (Å²) in [6.45, 7) is 4.16. The first-order chi connectivity index (χ1) is 12.2. The van der Waals surface area contributed by atoms with E-state index in [0.717, 1.165) is 12.8 Å². The molecule has 0 saturated carbocycles. The Hall–Kier alpha value is -2.13. The molecule has 1 aromatic rings. The average molecular weight is 383 g/mol. The number of anilines is 1. The van der Waals surface area contributed by atoms with Crippen molar-refractivity contribution in [3.63, 3.8) is 0 Å². The van der Waals surface area contributed by atoms with E-state index >= 15 is 4.39 Å². The second-order valence-electron chi connectivity index (χ2n) is 6.98. The maximum absolute atomic E-state index is 15.1. The van der Waals surface area contributed by atoms with Crippen LogP contribution in [0.15, 0.2) is 18.2 Å². The number of halogens is 1. The lowest BCUT2D eigenvalue weighted by atomic mass is 10.0. The molecule has 0 radical (unpaired) electrons. The zero-order chi connectivity index (χ0) is 19.1. The Morgan fingerprint density at radius 2 is 2.12 bits per heavy atom. The average Bonchev–Trinajstić information content (AvgIpc) is 3.09. The van der Waals surface area contributed by atoms with Gasteiger partial charge in [-0.15, -0.1) is 0 Å². The van der Waals surface area contributed by atoms with E-state index in [-0.39, 0.29) is 11.6 Å². The van der Waals surface area contributed by atoms with E-state index in [4.69, 9.17) is 0 Å². The first-order valence-electron chi connectivity index (χ1n) is 8.48. The molecule has 1 aromatic carbocycles. The summed E-state index contributed by atoms with van der Waals surface area (Å²) in [6, 6.07) is 2.79. The van der Waals surface area contributed by atoms with Gasteiger partial charge in [0.1, 0.15) is 18.0 Å². The zero-order valence-electron chi connectivity index (χ0n) is 14.6. The molecule has 0 aliphatic carbocycles. The van der Waals surface area contributed by atoms with Crippen LogP contribution >= 0.6 is 0 Å². The van der Waals surface area contributed by atoms with Crippen LogP contribution in [0.2, 0.25) is 0 Å². The Bertz CT molecular complexity index is 867. The second kappa shape index (κ2) is 6.88. The predicted molar refractivity (Wildman–Crippen MR) is 96.3 cm³/mol. The van der Waals surface area contributed by atoms with E-state index in [2.05, 4.69) is 19.2 Å². The van der Waals surface area contributed by atoms with Gasteiger partial charge in [-0.1, -0.05) is 19.9 Å². The summed E-state index contributed by atoms with van der Waals surface area (Å²) in [6.07, 6.45) is 3.89. The van der Waals surface area contributed by atoms with Gasteiger partial charge in [0.25, 0.3) is 5.91 Å². The number of amides is 1. The van der Waals surface area contributed by atoms with Crippen molar-refractivity contribution in [1.82, 2.24) is 10.0 Å². The highest BCUT2D eigenvalue weighted by molar-refractivity contribution is 7.92. The van der Waals surface area contributed by atoms with E-state index < -0.39 is 39.9 Å². The fraction of sp³-hybridized carbons (Fsp3) is 0.471. The van der Waals surface area contributed by atoms with Crippen molar-refractivity contribution in [2.24, 2.45) is 5.92 Å². The highest BCUT2D eigenvalue weighted by Gasteiger charge is 2.38. The van der Waals surface area contributed by atoms with Gasteiger partial charge in [-0.25, -0.2) is 13.4 Å². The summed E-state index contributed by atoms with van der Waals surface area (Å²) < 4.78 is 41.4. The molecule has 1 atom stereocenters. The minimum Gasteiger partial charge on any atom is -0.506 e. The summed E-state index contributed by atoms with van der Waals surface area (Å²) in [4.78, 5) is 11.4. The molecule has 26 heavy (non-hydrogen) atoms. The van der Waals surface area contributed by atoms with Crippen LogP contribution in [0.3, 0.4) is 0 Å². The van der Waals surface area contributed by atoms with Gasteiger partial charge in [0.05, 0.1) is 0 Å². The van der Waals surface area contributed by atoms with Gasteiger partial charge in [0.15, 0.2) is 5.82 Å². The molecule has 0 unspecified atom stereocenters. The lowest BCUT2D eigenvalue weighted by Gasteiger charge is -2.18. The minimum absolute atomic E-state index is 0.128. The van der Waals surface area contributed by atoms with Crippen molar-refractivity contribution in [3.05, 3.63) is 29.6 Å². The number of nitrogens with zero attached hydrogens (tertiary/aromatic N) is 1. The van der Waals surface area contributed by atoms with Crippen molar-refractivity contribution < 1.29 is 22.7 Å². The number of carbonyl (C=O) groups excluding carboxylic acids is 1. The summed E-state index contributed by atoms with van der Waals surface area (Å²) >= 11 is 0. The van der Waals surface area contributed by atoms with Crippen LogP contribution in [0, 0.1) is 11.7 Å². The molecule has 2 heterocycles. The van der Waals surface area contributed by atoms with Crippen molar-refractivity contribution in [3.8, 4) is 5.75 Å². The second-order valence-corrected chi connectivity index (χ2v) is 8.58. The minimum atomic E-state index is -4.20. The quantitative estimate of drug-likeness (QED) is 0.716. The molecular weight excluding hydrogens is 361 g/mol. The van der Waals surface area contributed by atoms with Crippen LogP contribution in [-0.4, -0.2) is 38.6 Å². The highest BCUT2D eigenvalue weighted by atomic mass is 32.2. The van der Waals surface area contributed by atoms with Gasteiger partial charge in [-0.05, 0) is 36.5 Å². The maximum atomic E-state index is 15.1. The van der Waals surface area contributed by atoms with Crippen LogP contribution in [-0.2, 0) is 15.0 Å². The van der Waals surface area contributed by atoms with Crippen LogP contribution in [0.4, 0.5) is 10.1 Å². The first kappa shape index (κ1) is 18.7. The van der Waals surface area contributed by atoms with Gasteiger partial charge >= 0.3 is 10.2 Å². The van der Waals surface area contributed by atoms with Crippen LogP contribution in [0.5, 0.6) is 5.75 Å². The molecular formula is C17H22FN3O4S. The third kappa shape index (κ3) is 3.54. The molecule has 3 N–H and O–H groups in total. The number of hydrogen-bond donors (Lipinski definition) is 3. The van der Waals surface area contributed by atoms with Gasteiger partial charge < -0.3 is 10.4 Å². The number of phenolic OH excluding ortho intramolecular Hbond substituents is 1. The van der Waals surface area contributed by atoms with Gasteiger partial charge in [-0.3, -0.25) is 4.79 Å². The highest BCUT2D eigenvalue weighted by Crippen LogP contribution is 2.38. The summed E-state index contributed by atoms with van der Waals surface area (Å²) in [5.74, 6) is -1.60. The standard InChI is InChI=1S/C17H22FN3O4S/c1-10(2)3-4-12-7-11(8-19-12)13-5-6-14(22)17(16(13)18)21-9-15(23)20-26(21,24)25/h5-7,10,12,19,22H,3-4,8-9H2,1-2H3,(H,20,23)/t12-/m0/s1. The Balaban J connectivity index is 1.94. The number of carbonyl (C=O) groups is 1. The maximum Gasteiger partial charge on any atom is 0.326 e. The number of aromatic hydroxyl groups is 1. The zero-order valence-corrected chi connectivity index (χ0v) is 15.4. The van der Waals surface area contributed by atoms with Crippen molar-refractivity contribution in [2.75, 3.05) is 17.4 Å². The molecule has 1 amide bonds. The molecule has 2 aliphatic rings. The molecule has 1 saturated heterocycles. The first-order valence-corrected chi connectivity index (χ1v) is 9.92. The Morgan fingerprint density at radius 3 is 2.73 bits per heavy atom. The number of phenols is 1. The molecule has 7 nitrogen and oxygen atoms in total. The Morgan fingerprint density at radius 1 is 1.38 bits per heavy atom. The molecule has 2 aliphatic heterocycles. The molecule has 0 spiro atoms. The fourth-order valence-electron chi connectivity index (χ4n) is 3.17. The SMILES string of the molecule is CC(C)CC[C@H]1C=C(c2ccc(O)c(N3CC(=O)NS3(=O)=O)c2F)CN1. The molecule has 9 heteroatoms. The van der Waals surface area contributed by atoms with E-state index in [9.17, 15) is 18.3 Å². The van der Waals surface area contributed by atoms with Gasteiger partial charge in [0, 0.05) is 18.2 Å². The lowest BCUT2D eigenvalue weighted by molar-refractivity contribution is -0.117. The fourth-order valence-corrected chi connectivity index (χ4v) is 4.33. The number of hydrogen-bond acceptors (Lipinski definition) is 5. The van der Waals surface area contributed by atoms with Gasteiger partial charge in [0.2, 0.25) is 0 Å². The van der Waals surface area contributed by atoms with Crippen molar-refractivity contribution in [2.45, 2.75) is 32.7 Å². The third-order valence-corrected chi connectivity index (χ3v) is 5.90. The van der Waals surface area contributed by atoms with E-state index in [1.54, 1.807) is 4.72 Å². The topological polar surface area (TPSA) is 98.7 Å². The van der Waals surface area contributed by atoms with Crippen molar-refractivity contribution >= 4 is 27.4 Å². The van der Waals surface area contributed by atoms with Crippen LogP contribution in [0.25, 0.3) is 5.57 Å². The number of nitrogens with one attached hydrogen (secondary N) is 2. The van der Waals surface area contributed by atoms with Gasteiger partial charge in [-0.2, -0.15) is 8.42 Å². The third-order valence-electron chi connectivity index (χ3n) is 4.52. The van der Waals surface area contributed by atoms with E-state index in [1.807, 2.05) is 6.08 Å². The van der Waals surface area contributed by atoms with Crippen LogP contribution in [0.1, 0.15) is 32.3 Å². The van der Waals surface area contributed by atoms with E-state index in [1.165, 1.54) is 12.1 Å². The molecule has 1 fully saturated rings. The molecule has 142 valence electrons. The molecule has 0 bridgehead atoms. The van der Waals surface area contributed by atoms with Crippen molar-refractivity contribution in [1.29, 1.82) is 0 Å². The molecule has 0 aromatic heterocycles. The number of rotatable bonds is 5. The lowest BCUT2D eigenvalue weighted by Crippen LogP contribution is -2.30. The summed E-state index contributed by atoms with van der Waals surface area (Å²) in [5, 5.41) is 13.3. The normalized spacial score (nSPS) is 22.0. The van der Waals surface area contributed by atoms with E-state index in [0.29, 0.717) is 22.3 Å². The summed E-state index contributed by atoms with van der Waals surface area (Å²) in [5.41, 5.74) is 0.410.